The molecule has 1 aromatic heterocycles. The maximum absolute atomic E-state index is 11.7. The van der Waals surface area contributed by atoms with Gasteiger partial charge in [-0.2, -0.15) is 0 Å². The van der Waals surface area contributed by atoms with Crippen LogP contribution < -0.4 is 11.2 Å². The highest BCUT2D eigenvalue weighted by atomic mass is 16.5. The second-order valence-corrected chi connectivity index (χ2v) is 4.43. The lowest BCUT2D eigenvalue weighted by atomic mass is 10.0. The molecule has 1 fully saturated rings. The van der Waals surface area contributed by atoms with E-state index in [1.165, 1.54) is 10.8 Å². The number of nitrogens with zero attached hydrogens (tertiary/aromatic N) is 1. The third kappa shape index (κ3) is 2.16. The van der Waals surface area contributed by atoms with Crippen LogP contribution in [-0.4, -0.2) is 27.4 Å². The van der Waals surface area contributed by atoms with E-state index in [0.717, 1.165) is 0 Å². The third-order valence-corrected chi connectivity index (χ3v) is 3.22. The van der Waals surface area contributed by atoms with Crippen molar-refractivity contribution in [2.24, 2.45) is 5.92 Å². The molecular formula is C12H16N2O4. The summed E-state index contributed by atoms with van der Waals surface area (Å²) in [5.74, 6) is -0.000802. The molecule has 6 heteroatoms. The smallest absolute Gasteiger partial charge is 0.330 e. The maximum Gasteiger partial charge on any atom is 0.330 e. The van der Waals surface area contributed by atoms with E-state index in [1.807, 2.05) is 0 Å². The van der Waals surface area contributed by atoms with Gasteiger partial charge in [-0.25, -0.2) is 4.79 Å². The van der Waals surface area contributed by atoms with Crippen LogP contribution in [0.3, 0.4) is 0 Å². The summed E-state index contributed by atoms with van der Waals surface area (Å²) < 4.78 is 6.95. The van der Waals surface area contributed by atoms with Crippen molar-refractivity contribution < 1.29 is 9.84 Å². The molecule has 98 valence electrons. The second kappa shape index (κ2) is 4.91. The van der Waals surface area contributed by atoms with Gasteiger partial charge in [0.2, 0.25) is 0 Å². The van der Waals surface area contributed by atoms with E-state index in [-0.39, 0.29) is 18.6 Å². The largest absolute Gasteiger partial charge is 0.394 e. The number of aliphatic hydroxyl groups excluding tert-OH is 1. The summed E-state index contributed by atoms with van der Waals surface area (Å²) in [4.78, 5) is 25.2. The van der Waals surface area contributed by atoms with Gasteiger partial charge < -0.3 is 9.84 Å². The molecule has 1 aliphatic rings. The Labute approximate surface area is 104 Å². The standard InChI is InChI=1S/C12H16N2O4/c1-3-8-4-10(18-9(8)6-15)14-5-7(2)11(16)13-12(14)17/h3,5,8-10,15H,1,4,6H2,2H3,(H,13,16,17). The van der Waals surface area contributed by atoms with Crippen molar-refractivity contribution in [3.8, 4) is 0 Å². The number of hydrogen-bond acceptors (Lipinski definition) is 4. The Kier molecular flexibility index (Phi) is 3.49. The number of nitrogens with one attached hydrogen (secondary N) is 1. The molecule has 18 heavy (non-hydrogen) atoms. The molecule has 3 atom stereocenters. The molecule has 0 spiro atoms. The fourth-order valence-electron chi connectivity index (χ4n) is 2.15. The number of aromatic amines is 1. The second-order valence-electron chi connectivity index (χ2n) is 4.43. The molecule has 0 saturated carbocycles. The molecule has 0 radical (unpaired) electrons. The highest BCUT2D eigenvalue weighted by Gasteiger charge is 2.34. The van der Waals surface area contributed by atoms with E-state index in [2.05, 4.69) is 11.6 Å². The van der Waals surface area contributed by atoms with Gasteiger partial charge in [-0.05, 0) is 6.92 Å². The number of rotatable bonds is 3. The van der Waals surface area contributed by atoms with Crippen LogP contribution >= 0.6 is 0 Å². The fourth-order valence-corrected chi connectivity index (χ4v) is 2.15. The van der Waals surface area contributed by atoms with Gasteiger partial charge in [0.1, 0.15) is 6.23 Å². The molecule has 2 rings (SSSR count). The zero-order chi connectivity index (χ0) is 13.3. The van der Waals surface area contributed by atoms with Crippen LogP contribution in [0.15, 0.2) is 28.4 Å². The average Bonchev–Trinajstić information content (AvgIpc) is 2.76. The Balaban J connectivity index is 2.34. The van der Waals surface area contributed by atoms with Crippen molar-refractivity contribution in [3.63, 3.8) is 0 Å². The topological polar surface area (TPSA) is 84.3 Å². The van der Waals surface area contributed by atoms with Crippen molar-refractivity contribution in [3.05, 3.63) is 45.3 Å². The summed E-state index contributed by atoms with van der Waals surface area (Å²) in [6.07, 6.45) is 2.91. The molecule has 3 unspecified atom stereocenters. The molecular weight excluding hydrogens is 236 g/mol. The Morgan fingerprint density at radius 3 is 2.94 bits per heavy atom. The number of ether oxygens (including phenoxy) is 1. The summed E-state index contributed by atoms with van der Waals surface area (Å²) in [6.45, 7) is 5.19. The fraction of sp³-hybridized carbons (Fsp3) is 0.500. The van der Waals surface area contributed by atoms with Crippen molar-refractivity contribution in [2.75, 3.05) is 6.61 Å². The monoisotopic (exact) mass is 252 g/mol. The highest BCUT2D eigenvalue weighted by molar-refractivity contribution is 5.02. The van der Waals surface area contributed by atoms with Crippen LogP contribution in [0.5, 0.6) is 0 Å². The van der Waals surface area contributed by atoms with Gasteiger partial charge >= 0.3 is 5.69 Å². The van der Waals surface area contributed by atoms with Gasteiger partial charge in [-0.3, -0.25) is 14.3 Å². The number of H-pyrrole nitrogens is 1. The van der Waals surface area contributed by atoms with Crippen molar-refractivity contribution in [2.45, 2.75) is 25.7 Å². The Hall–Kier alpha value is -1.66. The van der Waals surface area contributed by atoms with Gasteiger partial charge in [0.15, 0.2) is 0 Å². The molecule has 2 N–H and O–H groups in total. The Morgan fingerprint density at radius 1 is 1.67 bits per heavy atom. The molecule has 1 aromatic rings. The maximum atomic E-state index is 11.7. The third-order valence-electron chi connectivity index (χ3n) is 3.22. The Bertz CT molecular complexity index is 560. The summed E-state index contributed by atoms with van der Waals surface area (Å²) in [6, 6.07) is 0. The number of aromatic nitrogens is 2. The molecule has 2 heterocycles. The summed E-state index contributed by atoms with van der Waals surface area (Å²) in [5.41, 5.74) is -0.453. The van der Waals surface area contributed by atoms with Crippen LogP contribution in [0, 0.1) is 12.8 Å². The van der Waals surface area contributed by atoms with E-state index in [0.29, 0.717) is 12.0 Å². The van der Waals surface area contributed by atoms with Crippen molar-refractivity contribution in [1.82, 2.24) is 9.55 Å². The van der Waals surface area contributed by atoms with Crippen LogP contribution in [-0.2, 0) is 4.74 Å². The van der Waals surface area contributed by atoms with Crippen LogP contribution in [0.4, 0.5) is 0 Å². The van der Waals surface area contributed by atoms with E-state index in [1.54, 1.807) is 13.0 Å². The first-order valence-corrected chi connectivity index (χ1v) is 5.77. The first-order chi connectivity index (χ1) is 8.56. The first-order valence-electron chi connectivity index (χ1n) is 5.77. The van der Waals surface area contributed by atoms with Crippen LogP contribution in [0.1, 0.15) is 18.2 Å². The van der Waals surface area contributed by atoms with Gasteiger partial charge in [0, 0.05) is 24.1 Å². The van der Waals surface area contributed by atoms with Crippen LogP contribution in [0.2, 0.25) is 0 Å². The van der Waals surface area contributed by atoms with E-state index in [4.69, 9.17) is 4.74 Å². The number of aliphatic hydroxyl groups is 1. The average molecular weight is 252 g/mol. The van der Waals surface area contributed by atoms with Crippen LogP contribution in [0.25, 0.3) is 0 Å². The van der Waals surface area contributed by atoms with Crippen molar-refractivity contribution in [1.29, 1.82) is 0 Å². The van der Waals surface area contributed by atoms with Gasteiger partial charge in [-0.15, -0.1) is 6.58 Å². The predicted molar refractivity (Wildman–Crippen MR) is 65.4 cm³/mol. The normalized spacial score (nSPS) is 27.3. The highest BCUT2D eigenvalue weighted by Crippen LogP contribution is 2.32. The van der Waals surface area contributed by atoms with Gasteiger partial charge in [0.25, 0.3) is 5.56 Å². The molecule has 0 amide bonds. The molecule has 0 aliphatic carbocycles. The minimum atomic E-state index is -0.503. The zero-order valence-corrected chi connectivity index (χ0v) is 10.1. The van der Waals surface area contributed by atoms with Gasteiger partial charge in [-0.1, -0.05) is 6.08 Å². The quantitative estimate of drug-likeness (QED) is 0.737. The molecule has 0 aromatic carbocycles. The SMILES string of the molecule is C=CC1CC(n2cc(C)c(=O)[nH]c2=O)OC1CO. The summed E-state index contributed by atoms with van der Waals surface area (Å²) in [7, 11) is 0. The molecule has 1 aliphatic heterocycles. The minimum absolute atomic E-state index is 0.000802. The lowest BCUT2D eigenvalue weighted by Gasteiger charge is -2.14. The minimum Gasteiger partial charge on any atom is -0.394 e. The summed E-state index contributed by atoms with van der Waals surface area (Å²) in [5, 5.41) is 9.18. The van der Waals surface area contributed by atoms with E-state index in [9.17, 15) is 14.7 Å². The Morgan fingerprint density at radius 2 is 2.39 bits per heavy atom. The van der Waals surface area contributed by atoms with E-state index >= 15 is 0 Å². The first kappa shape index (κ1) is 12.8. The number of aryl methyl sites for hydroxylation is 1. The molecule has 6 nitrogen and oxygen atoms in total. The zero-order valence-electron chi connectivity index (χ0n) is 10.1. The summed E-state index contributed by atoms with van der Waals surface area (Å²) >= 11 is 0. The molecule has 0 bridgehead atoms. The van der Waals surface area contributed by atoms with Crippen molar-refractivity contribution >= 4 is 0 Å². The van der Waals surface area contributed by atoms with E-state index < -0.39 is 17.5 Å². The predicted octanol–water partition coefficient (Wildman–Crippen LogP) is -0.0730. The lowest BCUT2D eigenvalue weighted by molar-refractivity contribution is -0.0295. The lowest BCUT2D eigenvalue weighted by Crippen LogP contribution is -2.33. The number of hydrogen-bond donors (Lipinski definition) is 2. The van der Waals surface area contributed by atoms with Gasteiger partial charge in [0.05, 0.1) is 12.7 Å². The molecule has 1 saturated heterocycles.